The first-order valence-electron chi connectivity index (χ1n) is 9.83. The molecular formula is C23H28N4O2. The summed E-state index contributed by atoms with van der Waals surface area (Å²) >= 11 is 0. The van der Waals surface area contributed by atoms with E-state index in [1.165, 1.54) is 0 Å². The number of amides is 2. The molecule has 2 amide bonds. The van der Waals surface area contributed by atoms with Gasteiger partial charge in [0.15, 0.2) is 0 Å². The van der Waals surface area contributed by atoms with Gasteiger partial charge in [-0.25, -0.2) is 0 Å². The summed E-state index contributed by atoms with van der Waals surface area (Å²) in [4.78, 5) is 24.2. The van der Waals surface area contributed by atoms with E-state index in [2.05, 4.69) is 22.1 Å². The number of aryl methyl sites for hydroxylation is 1. The molecule has 0 aliphatic heterocycles. The van der Waals surface area contributed by atoms with Gasteiger partial charge >= 0.3 is 0 Å². The van der Waals surface area contributed by atoms with Crippen LogP contribution in [0.3, 0.4) is 0 Å². The topological polar surface area (TPSA) is 86.9 Å². The lowest BCUT2D eigenvalue weighted by Crippen LogP contribution is -2.35. The maximum absolute atomic E-state index is 12.3. The fourth-order valence-corrected chi connectivity index (χ4v) is 3.16. The maximum Gasteiger partial charge on any atom is 0.262 e. The number of rotatable bonds is 9. The van der Waals surface area contributed by atoms with Crippen LogP contribution in [0.1, 0.15) is 35.9 Å². The molecule has 0 aliphatic carbocycles. The third kappa shape index (κ3) is 6.35. The van der Waals surface area contributed by atoms with Crippen LogP contribution in [0.15, 0.2) is 42.0 Å². The van der Waals surface area contributed by atoms with Crippen LogP contribution in [-0.4, -0.2) is 29.5 Å². The van der Waals surface area contributed by atoms with Crippen molar-refractivity contribution in [3.63, 3.8) is 0 Å². The van der Waals surface area contributed by atoms with E-state index in [-0.39, 0.29) is 18.0 Å². The number of nitrogens with one attached hydrogen (secondary N) is 2. The Hall–Kier alpha value is -3.33. The normalized spacial score (nSPS) is 11.0. The van der Waals surface area contributed by atoms with Crippen LogP contribution in [-0.2, 0) is 22.6 Å². The van der Waals surface area contributed by atoms with Gasteiger partial charge in [0.1, 0.15) is 11.6 Å². The standard InChI is InChI=1S/C23H28N4O2/c1-4-12-27-17(2)13-20(18(27)3)15-21(16-24)23(29)26-11-10-25-22(28)14-19-8-6-5-7-9-19/h5-9,13,15H,4,10-12,14H2,1-3H3,(H,25,28)(H,26,29)/b21-15-. The van der Waals surface area contributed by atoms with Gasteiger partial charge in [-0.1, -0.05) is 37.3 Å². The van der Waals surface area contributed by atoms with E-state index < -0.39 is 5.91 Å². The van der Waals surface area contributed by atoms with Crippen LogP contribution in [0.5, 0.6) is 0 Å². The summed E-state index contributed by atoms with van der Waals surface area (Å²) in [6.07, 6.45) is 2.93. The van der Waals surface area contributed by atoms with Crippen molar-refractivity contribution in [2.75, 3.05) is 13.1 Å². The molecule has 0 atom stereocenters. The van der Waals surface area contributed by atoms with Crippen molar-refractivity contribution in [2.24, 2.45) is 0 Å². The molecule has 0 aliphatic rings. The first kappa shape index (κ1) is 22.0. The zero-order valence-electron chi connectivity index (χ0n) is 17.3. The van der Waals surface area contributed by atoms with Crippen LogP contribution >= 0.6 is 0 Å². The van der Waals surface area contributed by atoms with E-state index in [1.807, 2.05) is 56.3 Å². The van der Waals surface area contributed by atoms with Gasteiger partial charge in [0.2, 0.25) is 5.91 Å². The molecule has 0 fully saturated rings. The molecule has 2 rings (SSSR count). The fraction of sp³-hybridized carbons (Fsp3) is 0.348. The average Bonchev–Trinajstić information content (AvgIpc) is 2.97. The predicted octanol–water partition coefficient (Wildman–Crippen LogP) is 2.90. The van der Waals surface area contributed by atoms with E-state index in [0.29, 0.717) is 13.0 Å². The van der Waals surface area contributed by atoms with Gasteiger partial charge in [-0.3, -0.25) is 9.59 Å². The summed E-state index contributed by atoms with van der Waals surface area (Å²) in [7, 11) is 0. The molecule has 0 unspecified atom stereocenters. The third-order valence-electron chi connectivity index (χ3n) is 4.67. The lowest BCUT2D eigenvalue weighted by Gasteiger charge is -2.08. The number of nitrogens with zero attached hydrogens (tertiary/aromatic N) is 2. The molecule has 1 aromatic carbocycles. The van der Waals surface area contributed by atoms with Crippen molar-refractivity contribution in [3.8, 4) is 6.07 Å². The molecule has 6 heteroatoms. The monoisotopic (exact) mass is 392 g/mol. The third-order valence-corrected chi connectivity index (χ3v) is 4.67. The second-order valence-electron chi connectivity index (χ2n) is 6.92. The van der Waals surface area contributed by atoms with Crippen molar-refractivity contribution < 1.29 is 9.59 Å². The van der Waals surface area contributed by atoms with E-state index in [0.717, 1.165) is 35.5 Å². The molecule has 2 N–H and O–H groups in total. The van der Waals surface area contributed by atoms with Gasteiger partial charge in [0, 0.05) is 31.0 Å². The van der Waals surface area contributed by atoms with Crippen molar-refractivity contribution >= 4 is 17.9 Å². The minimum Gasteiger partial charge on any atom is -0.354 e. The van der Waals surface area contributed by atoms with E-state index in [9.17, 15) is 14.9 Å². The number of carbonyl (C=O) groups excluding carboxylic acids is 2. The largest absolute Gasteiger partial charge is 0.354 e. The highest BCUT2D eigenvalue weighted by Crippen LogP contribution is 2.18. The zero-order chi connectivity index (χ0) is 21.2. The fourth-order valence-electron chi connectivity index (χ4n) is 3.16. The van der Waals surface area contributed by atoms with Crippen LogP contribution in [0, 0.1) is 25.2 Å². The molecule has 2 aromatic rings. The molecule has 6 nitrogen and oxygen atoms in total. The second kappa shape index (κ2) is 10.9. The Morgan fingerprint density at radius 2 is 1.83 bits per heavy atom. The second-order valence-corrected chi connectivity index (χ2v) is 6.92. The molecule has 0 saturated heterocycles. The summed E-state index contributed by atoms with van der Waals surface area (Å²) in [6.45, 7) is 7.59. The minimum absolute atomic E-state index is 0.0531. The van der Waals surface area contributed by atoms with Gasteiger partial charge in [0.05, 0.1) is 6.42 Å². The molecule has 1 heterocycles. The first-order chi connectivity index (χ1) is 14.0. The lowest BCUT2D eigenvalue weighted by atomic mass is 10.1. The molecule has 29 heavy (non-hydrogen) atoms. The average molecular weight is 393 g/mol. The number of hydrogen-bond donors (Lipinski definition) is 2. The number of aromatic nitrogens is 1. The van der Waals surface area contributed by atoms with E-state index >= 15 is 0 Å². The Morgan fingerprint density at radius 1 is 1.14 bits per heavy atom. The summed E-state index contributed by atoms with van der Waals surface area (Å²) in [5, 5.41) is 14.8. The van der Waals surface area contributed by atoms with E-state index in [1.54, 1.807) is 6.08 Å². The summed E-state index contributed by atoms with van der Waals surface area (Å²) in [6, 6.07) is 13.4. The SMILES string of the molecule is CCCn1c(C)cc(/C=C(/C#N)C(=O)NCCNC(=O)Cc2ccccc2)c1C. The Bertz CT molecular complexity index is 920. The Kier molecular flexibility index (Phi) is 8.23. The molecule has 152 valence electrons. The van der Waals surface area contributed by atoms with Gasteiger partial charge < -0.3 is 15.2 Å². The van der Waals surface area contributed by atoms with Crippen LogP contribution in [0.4, 0.5) is 0 Å². The lowest BCUT2D eigenvalue weighted by molar-refractivity contribution is -0.121. The van der Waals surface area contributed by atoms with Gasteiger partial charge in [-0.05, 0) is 43.5 Å². The highest BCUT2D eigenvalue weighted by molar-refractivity contribution is 6.01. The predicted molar refractivity (Wildman–Crippen MR) is 114 cm³/mol. The van der Waals surface area contributed by atoms with Crippen LogP contribution in [0.2, 0.25) is 0 Å². The number of carbonyl (C=O) groups is 2. The molecular weight excluding hydrogens is 364 g/mol. The van der Waals surface area contributed by atoms with Crippen molar-refractivity contribution in [1.82, 2.24) is 15.2 Å². The molecule has 0 bridgehead atoms. The van der Waals surface area contributed by atoms with Crippen molar-refractivity contribution in [3.05, 3.63) is 64.5 Å². The highest BCUT2D eigenvalue weighted by atomic mass is 16.2. The van der Waals surface area contributed by atoms with Gasteiger partial charge in [-0.2, -0.15) is 5.26 Å². The van der Waals surface area contributed by atoms with Crippen molar-refractivity contribution in [2.45, 2.75) is 40.2 Å². The minimum atomic E-state index is -0.440. The Balaban J connectivity index is 1.87. The molecule has 0 radical (unpaired) electrons. The zero-order valence-corrected chi connectivity index (χ0v) is 17.3. The van der Waals surface area contributed by atoms with Crippen LogP contribution in [0.25, 0.3) is 6.08 Å². The highest BCUT2D eigenvalue weighted by Gasteiger charge is 2.12. The van der Waals surface area contributed by atoms with Gasteiger partial charge in [-0.15, -0.1) is 0 Å². The smallest absolute Gasteiger partial charge is 0.262 e. The van der Waals surface area contributed by atoms with E-state index in [4.69, 9.17) is 0 Å². The summed E-state index contributed by atoms with van der Waals surface area (Å²) in [5.41, 5.74) is 4.01. The Morgan fingerprint density at radius 3 is 2.48 bits per heavy atom. The van der Waals surface area contributed by atoms with Crippen LogP contribution < -0.4 is 10.6 Å². The quantitative estimate of drug-likeness (QED) is 0.391. The number of hydrogen-bond acceptors (Lipinski definition) is 3. The Labute approximate surface area is 172 Å². The molecule has 0 spiro atoms. The number of nitriles is 1. The summed E-state index contributed by atoms with van der Waals surface area (Å²) < 4.78 is 2.18. The molecule has 1 aromatic heterocycles. The number of benzene rings is 1. The maximum atomic E-state index is 12.3. The van der Waals surface area contributed by atoms with Gasteiger partial charge in [0.25, 0.3) is 5.91 Å². The molecule has 0 saturated carbocycles. The summed E-state index contributed by atoms with van der Waals surface area (Å²) in [5.74, 6) is -0.546. The first-order valence-corrected chi connectivity index (χ1v) is 9.83. The van der Waals surface area contributed by atoms with Crippen molar-refractivity contribution in [1.29, 1.82) is 5.26 Å².